The van der Waals surface area contributed by atoms with E-state index in [0.717, 1.165) is 34.0 Å². The molecule has 0 aliphatic carbocycles. The van der Waals surface area contributed by atoms with Gasteiger partial charge < -0.3 is 10.6 Å². The van der Waals surface area contributed by atoms with E-state index in [0.29, 0.717) is 6.54 Å². The lowest BCUT2D eigenvalue weighted by atomic mass is 10.1. The van der Waals surface area contributed by atoms with Crippen LogP contribution in [0.3, 0.4) is 0 Å². The van der Waals surface area contributed by atoms with Crippen LogP contribution in [0.2, 0.25) is 0 Å². The summed E-state index contributed by atoms with van der Waals surface area (Å²) in [6.45, 7) is 3.28. The zero-order valence-corrected chi connectivity index (χ0v) is 13.0. The Labute approximate surface area is 128 Å². The third kappa shape index (κ3) is 2.75. The van der Waals surface area contributed by atoms with Gasteiger partial charge in [-0.05, 0) is 17.9 Å². The Morgan fingerprint density at radius 2 is 2.00 bits per heavy atom. The Balaban J connectivity index is 2.00. The summed E-state index contributed by atoms with van der Waals surface area (Å²) in [6, 6.07) is 8.27. The summed E-state index contributed by atoms with van der Waals surface area (Å²) in [6.07, 6.45) is 1.88. The molecule has 5 heteroatoms. The molecule has 0 bridgehead atoms. The van der Waals surface area contributed by atoms with Crippen LogP contribution in [-0.2, 0) is 13.1 Å². The zero-order valence-electron chi connectivity index (χ0n) is 12.2. The summed E-state index contributed by atoms with van der Waals surface area (Å²) in [7, 11) is 2.05. The molecule has 2 aromatic heterocycles. The van der Waals surface area contributed by atoms with Gasteiger partial charge >= 0.3 is 0 Å². The van der Waals surface area contributed by atoms with Crippen molar-refractivity contribution < 1.29 is 0 Å². The number of nitrogens with zero attached hydrogens (tertiary/aromatic N) is 3. The van der Waals surface area contributed by atoms with Gasteiger partial charge in [0.05, 0.1) is 17.2 Å². The normalized spacial score (nSPS) is 11.0. The highest BCUT2D eigenvalue weighted by molar-refractivity contribution is 7.09. The molecule has 4 nitrogen and oxygen atoms in total. The van der Waals surface area contributed by atoms with Gasteiger partial charge in [-0.1, -0.05) is 24.3 Å². The Bertz CT molecular complexity index is 766. The molecule has 3 aromatic rings. The van der Waals surface area contributed by atoms with Gasteiger partial charge in [-0.15, -0.1) is 11.3 Å². The monoisotopic (exact) mass is 298 g/mol. The van der Waals surface area contributed by atoms with Crippen molar-refractivity contribution in [1.82, 2.24) is 9.97 Å². The number of rotatable bonds is 4. The molecule has 0 unspecified atom stereocenters. The first-order chi connectivity index (χ1) is 10.2. The van der Waals surface area contributed by atoms with Crippen LogP contribution in [0.15, 0.2) is 35.8 Å². The van der Waals surface area contributed by atoms with E-state index >= 15 is 0 Å². The highest BCUT2D eigenvalue weighted by Gasteiger charge is 2.11. The van der Waals surface area contributed by atoms with Crippen molar-refractivity contribution in [3.63, 3.8) is 0 Å². The maximum atomic E-state index is 5.81. The minimum Gasteiger partial charge on any atom is -0.353 e. The second kappa shape index (κ2) is 5.79. The summed E-state index contributed by atoms with van der Waals surface area (Å²) in [5, 5.41) is 5.50. The maximum Gasteiger partial charge on any atom is 0.136 e. The largest absolute Gasteiger partial charge is 0.353 e. The van der Waals surface area contributed by atoms with E-state index in [2.05, 4.69) is 32.4 Å². The van der Waals surface area contributed by atoms with Crippen molar-refractivity contribution >= 4 is 27.9 Å². The molecule has 108 valence electrons. The van der Waals surface area contributed by atoms with E-state index in [1.54, 1.807) is 11.3 Å². The number of fused-ring (bicyclic) bond motifs is 1. The Kier molecular flexibility index (Phi) is 3.86. The summed E-state index contributed by atoms with van der Waals surface area (Å²) in [5.74, 6) is 0.966. The molecule has 0 atom stereocenters. The smallest absolute Gasteiger partial charge is 0.136 e. The minimum absolute atomic E-state index is 0.503. The topological polar surface area (TPSA) is 55.0 Å². The lowest BCUT2D eigenvalue weighted by Gasteiger charge is -2.20. The molecule has 0 saturated carbocycles. The summed E-state index contributed by atoms with van der Waals surface area (Å²) in [4.78, 5) is 11.3. The van der Waals surface area contributed by atoms with Crippen LogP contribution in [0.5, 0.6) is 0 Å². The van der Waals surface area contributed by atoms with E-state index in [9.17, 15) is 0 Å². The van der Waals surface area contributed by atoms with Gasteiger partial charge in [0, 0.05) is 30.6 Å². The van der Waals surface area contributed by atoms with Crippen LogP contribution < -0.4 is 10.6 Å². The molecule has 0 amide bonds. The number of pyridine rings is 1. The molecule has 21 heavy (non-hydrogen) atoms. The van der Waals surface area contributed by atoms with Gasteiger partial charge in [0.2, 0.25) is 0 Å². The highest BCUT2D eigenvalue weighted by Crippen LogP contribution is 2.27. The first kappa shape index (κ1) is 14.0. The molecular formula is C16H18N4S. The van der Waals surface area contributed by atoms with Gasteiger partial charge in [0.25, 0.3) is 0 Å². The molecule has 0 saturated heterocycles. The van der Waals surface area contributed by atoms with E-state index in [4.69, 9.17) is 5.73 Å². The molecule has 2 heterocycles. The fourth-order valence-corrected chi connectivity index (χ4v) is 3.11. The zero-order chi connectivity index (χ0) is 14.8. The third-order valence-corrected chi connectivity index (χ3v) is 4.33. The van der Waals surface area contributed by atoms with Gasteiger partial charge in [-0.3, -0.25) is 0 Å². The number of thiazole rings is 1. The SMILES string of the molecule is Cc1nc(CN(C)c2ncc(CN)c3ccccc23)cs1. The standard InChI is InChI=1S/C16H18N4S/c1-11-19-13(10-21-11)9-20(2)16-15-6-4-3-5-14(15)12(7-17)8-18-16/h3-6,8,10H,7,9,17H2,1-2H3. The predicted octanol–water partition coefficient (Wildman–Crippen LogP) is 3.09. The maximum absolute atomic E-state index is 5.81. The van der Waals surface area contributed by atoms with Crippen molar-refractivity contribution in [2.75, 3.05) is 11.9 Å². The van der Waals surface area contributed by atoms with Crippen LogP contribution in [0.4, 0.5) is 5.82 Å². The molecule has 0 aliphatic heterocycles. The Morgan fingerprint density at radius 3 is 2.67 bits per heavy atom. The number of hydrogen-bond acceptors (Lipinski definition) is 5. The predicted molar refractivity (Wildman–Crippen MR) is 88.6 cm³/mol. The Morgan fingerprint density at radius 1 is 1.24 bits per heavy atom. The average Bonchev–Trinajstić information content (AvgIpc) is 2.91. The molecule has 0 spiro atoms. The van der Waals surface area contributed by atoms with Crippen molar-refractivity contribution in [2.24, 2.45) is 5.73 Å². The molecular weight excluding hydrogens is 280 g/mol. The van der Waals surface area contributed by atoms with Crippen LogP contribution in [0.25, 0.3) is 10.8 Å². The van der Waals surface area contributed by atoms with E-state index in [1.807, 2.05) is 32.3 Å². The second-order valence-electron chi connectivity index (χ2n) is 5.07. The number of aromatic nitrogens is 2. The molecule has 2 N–H and O–H groups in total. The summed E-state index contributed by atoms with van der Waals surface area (Å²) < 4.78 is 0. The van der Waals surface area contributed by atoms with Crippen molar-refractivity contribution in [3.8, 4) is 0 Å². The van der Waals surface area contributed by atoms with Gasteiger partial charge in [0.15, 0.2) is 0 Å². The fraction of sp³-hybridized carbons (Fsp3) is 0.250. The van der Waals surface area contributed by atoms with E-state index in [1.165, 1.54) is 5.39 Å². The third-order valence-electron chi connectivity index (χ3n) is 3.50. The van der Waals surface area contributed by atoms with Gasteiger partial charge in [-0.25, -0.2) is 9.97 Å². The number of benzene rings is 1. The fourth-order valence-electron chi connectivity index (χ4n) is 2.50. The number of aryl methyl sites for hydroxylation is 1. The number of anilines is 1. The van der Waals surface area contributed by atoms with Gasteiger partial charge in [-0.2, -0.15) is 0 Å². The molecule has 1 aromatic carbocycles. The van der Waals surface area contributed by atoms with Crippen molar-refractivity contribution in [3.05, 3.63) is 52.1 Å². The molecule has 0 radical (unpaired) electrons. The summed E-state index contributed by atoms with van der Waals surface area (Å²) >= 11 is 1.68. The van der Waals surface area contributed by atoms with Crippen LogP contribution >= 0.6 is 11.3 Å². The second-order valence-corrected chi connectivity index (χ2v) is 6.13. The van der Waals surface area contributed by atoms with Crippen LogP contribution in [-0.4, -0.2) is 17.0 Å². The van der Waals surface area contributed by atoms with Crippen molar-refractivity contribution in [1.29, 1.82) is 0 Å². The van der Waals surface area contributed by atoms with E-state index in [-0.39, 0.29) is 0 Å². The minimum atomic E-state index is 0.503. The quantitative estimate of drug-likeness (QED) is 0.804. The first-order valence-electron chi connectivity index (χ1n) is 6.88. The molecule has 0 fully saturated rings. The van der Waals surface area contributed by atoms with Crippen LogP contribution in [0, 0.1) is 6.92 Å². The highest BCUT2D eigenvalue weighted by atomic mass is 32.1. The van der Waals surface area contributed by atoms with Crippen molar-refractivity contribution in [2.45, 2.75) is 20.0 Å². The average molecular weight is 298 g/mol. The molecule has 0 aliphatic rings. The van der Waals surface area contributed by atoms with Crippen LogP contribution in [0.1, 0.15) is 16.3 Å². The summed E-state index contributed by atoms with van der Waals surface area (Å²) in [5.41, 5.74) is 7.96. The van der Waals surface area contributed by atoms with Gasteiger partial charge in [0.1, 0.15) is 5.82 Å². The number of hydrogen-bond donors (Lipinski definition) is 1. The Hall–Kier alpha value is -1.98. The first-order valence-corrected chi connectivity index (χ1v) is 7.76. The lowest BCUT2D eigenvalue weighted by molar-refractivity contribution is 0.874. The lowest BCUT2D eigenvalue weighted by Crippen LogP contribution is -2.18. The molecule has 3 rings (SSSR count). The van der Waals surface area contributed by atoms with E-state index < -0.39 is 0 Å². The number of nitrogens with two attached hydrogens (primary N) is 1.